The summed E-state index contributed by atoms with van der Waals surface area (Å²) < 4.78 is 6.62. The highest BCUT2D eigenvalue weighted by Gasteiger charge is 2.26. The van der Waals surface area contributed by atoms with Crippen LogP contribution in [-0.2, 0) is 6.54 Å². The molecule has 0 bridgehead atoms. The van der Waals surface area contributed by atoms with Gasteiger partial charge in [-0.15, -0.1) is 0 Å². The molecular weight excluding hydrogens is 433 g/mol. The highest BCUT2D eigenvalue weighted by molar-refractivity contribution is 6.35. The maximum Gasteiger partial charge on any atom is 0.414 e. The third-order valence-corrected chi connectivity index (χ3v) is 5.62. The largest absolute Gasteiger partial charge is 0.449 e. The highest BCUT2D eigenvalue weighted by Crippen LogP contribution is 2.29. The minimum atomic E-state index is -0.605. The van der Waals surface area contributed by atoms with Crippen LogP contribution in [0, 0.1) is 10.1 Å². The topological polar surface area (TPSA) is 111 Å². The number of nitrogens with zero attached hydrogens (tertiary/aromatic N) is 3. The third-order valence-electron chi connectivity index (χ3n) is 5.06. The summed E-state index contributed by atoms with van der Waals surface area (Å²) in [6.07, 6.45) is 6.52. The smallest absolute Gasteiger partial charge is 0.414 e. The Balaban J connectivity index is 1.84. The van der Waals surface area contributed by atoms with Gasteiger partial charge in [0.1, 0.15) is 6.20 Å². The summed E-state index contributed by atoms with van der Waals surface area (Å²) in [7, 11) is 1.37. The van der Waals surface area contributed by atoms with Crippen molar-refractivity contribution in [3.8, 4) is 6.01 Å². The van der Waals surface area contributed by atoms with Crippen molar-refractivity contribution in [1.29, 1.82) is 0 Å². The first-order chi connectivity index (χ1) is 14.4. The predicted octanol–water partition coefficient (Wildman–Crippen LogP) is 4.48. The van der Waals surface area contributed by atoms with Gasteiger partial charge in [-0.3, -0.25) is 4.57 Å². The van der Waals surface area contributed by atoms with Crippen LogP contribution in [0.2, 0.25) is 10.0 Å². The number of nitrogens with one attached hydrogen (secondary N) is 2. The van der Waals surface area contributed by atoms with Crippen LogP contribution in [-0.4, -0.2) is 33.7 Å². The summed E-state index contributed by atoms with van der Waals surface area (Å²) in [5.74, 6) is -0.348. The third kappa shape index (κ3) is 5.54. The zero-order chi connectivity index (χ0) is 21.7. The van der Waals surface area contributed by atoms with Gasteiger partial charge >= 0.3 is 17.9 Å². The van der Waals surface area contributed by atoms with Crippen molar-refractivity contribution in [2.45, 2.75) is 50.7 Å². The van der Waals surface area contributed by atoms with Gasteiger partial charge in [-0.1, -0.05) is 48.5 Å². The molecule has 0 radical (unpaired) electrons. The van der Waals surface area contributed by atoms with E-state index in [9.17, 15) is 14.9 Å². The Labute approximate surface area is 183 Å². The predicted molar refractivity (Wildman–Crippen MR) is 113 cm³/mol. The maximum atomic E-state index is 12.7. The fraction of sp³-hybridized carbons (Fsp3) is 0.474. The Bertz CT molecular complexity index is 914. The molecule has 2 aromatic rings. The van der Waals surface area contributed by atoms with Crippen LogP contribution in [0.3, 0.4) is 0 Å². The molecule has 1 fully saturated rings. The van der Waals surface area contributed by atoms with E-state index in [0.29, 0.717) is 15.6 Å². The van der Waals surface area contributed by atoms with Crippen molar-refractivity contribution in [1.82, 2.24) is 20.2 Å². The lowest BCUT2D eigenvalue weighted by atomic mass is 9.96. The molecule has 0 spiro atoms. The van der Waals surface area contributed by atoms with Gasteiger partial charge in [-0.2, -0.15) is 0 Å². The molecule has 162 valence electrons. The van der Waals surface area contributed by atoms with Crippen molar-refractivity contribution in [3.05, 3.63) is 50.1 Å². The van der Waals surface area contributed by atoms with Gasteiger partial charge in [-0.05, 0) is 35.5 Å². The van der Waals surface area contributed by atoms with Gasteiger partial charge in [0.15, 0.2) is 0 Å². The van der Waals surface area contributed by atoms with E-state index in [1.807, 2.05) is 0 Å². The molecule has 9 nitrogen and oxygen atoms in total. The number of aromatic nitrogens is 2. The van der Waals surface area contributed by atoms with E-state index in [-0.39, 0.29) is 30.4 Å². The number of carbonyl (C=O) groups excluding carboxylic acids is 1. The SMILES string of the molecule is COc1nc([N+](=O)[O-])cn1CC(NC(=O)NC1CCCCC1)c1ccc(Cl)cc1Cl. The zero-order valence-corrected chi connectivity index (χ0v) is 17.9. The zero-order valence-electron chi connectivity index (χ0n) is 16.4. The monoisotopic (exact) mass is 455 g/mol. The maximum absolute atomic E-state index is 12.7. The number of methoxy groups -OCH3 is 1. The molecule has 1 aromatic carbocycles. The number of rotatable bonds is 7. The van der Waals surface area contributed by atoms with Gasteiger partial charge in [0.2, 0.25) is 0 Å². The van der Waals surface area contributed by atoms with Crippen LogP contribution < -0.4 is 15.4 Å². The molecule has 0 aliphatic heterocycles. The fourth-order valence-corrected chi connectivity index (χ4v) is 4.14. The minimum Gasteiger partial charge on any atom is -0.449 e. The molecule has 1 atom stereocenters. The lowest BCUT2D eigenvalue weighted by molar-refractivity contribution is -0.389. The average molecular weight is 456 g/mol. The first kappa shape index (κ1) is 22.2. The molecule has 1 aliphatic rings. The minimum absolute atomic E-state index is 0.0614. The molecule has 1 saturated carbocycles. The van der Waals surface area contributed by atoms with E-state index in [4.69, 9.17) is 27.9 Å². The summed E-state index contributed by atoms with van der Waals surface area (Å²) in [4.78, 5) is 27.0. The van der Waals surface area contributed by atoms with Crippen molar-refractivity contribution in [2.24, 2.45) is 0 Å². The quantitative estimate of drug-likeness (QED) is 0.472. The number of benzene rings is 1. The van der Waals surface area contributed by atoms with E-state index in [0.717, 1.165) is 25.7 Å². The van der Waals surface area contributed by atoms with Crippen LogP contribution in [0.1, 0.15) is 43.7 Å². The number of amides is 2. The Morgan fingerprint density at radius 1 is 1.37 bits per heavy atom. The Morgan fingerprint density at radius 2 is 2.10 bits per heavy atom. The standard InChI is InChI=1S/C19H23Cl2N5O4/c1-30-19-24-17(26(28)29)11-25(19)10-16(14-8-7-12(20)9-15(14)21)23-18(27)22-13-5-3-2-4-6-13/h7-9,11,13,16H,2-6,10H2,1H3,(H2,22,23,27). The van der Waals surface area contributed by atoms with Crippen LogP contribution in [0.4, 0.5) is 10.6 Å². The van der Waals surface area contributed by atoms with E-state index in [1.54, 1.807) is 18.2 Å². The van der Waals surface area contributed by atoms with Gasteiger partial charge in [0, 0.05) is 21.1 Å². The Morgan fingerprint density at radius 3 is 2.73 bits per heavy atom. The van der Waals surface area contributed by atoms with Crippen molar-refractivity contribution in [3.63, 3.8) is 0 Å². The van der Waals surface area contributed by atoms with Gasteiger partial charge < -0.3 is 25.5 Å². The summed E-state index contributed by atoms with van der Waals surface area (Å²) in [6.45, 7) is 0.128. The summed E-state index contributed by atoms with van der Waals surface area (Å²) in [5.41, 5.74) is 0.623. The number of hydrogen-bond acceptors (Lipinski definition) is 5. The molecule has 11 heteroatoms. The fourth-order valence-electron chi connectivity index (χ4n) is 3.60. The highest BCUT2D eigenvalue weighted by atomic mass is 35.5. The Hall–Kier alpha value is -2.52. The number of halogens is 2. The number of ether oxygens (including phenoxy) is 1. The molecule has 2 amide bonds. The number of imidazole rings is 1. The second kappa shape index (κ2) is 9.99. The molecule has 1 aromatic heterocycles. The molecule has 3 rings (SSSR count). The average Bonchev–Trinajstić information content (AvgIpc) is 3.11. The normalized spacial score (nSPS) is 15.4. The van der Waals surface area contributed by atoms with Gasteiger partial charge in [0.05, 0.1) is 19.7 Å². The Kier molecular flexibility index (Phi) is 7.38. The summed E-state index contributed by atoms with van der Waals surface area (Å²) in [6, 6.07) is 4.24. The number of urea groups is 1. The number of nitro groups is 1. The second-order valence-electron chi connectivity index (χ2n) is 7.17. The van der Waals surface area contributed by atoms with Crippen LogP contribution in [0.5, 0.6) is 6.01 Å². The van der Waals surface area contributed by atoms with Gasteiger partial charge in [0.25, 0.3) is 0 Å². The molecule has 2 N–H and O–H groups in total. The van der Waals surface area contributed by atoms with E-state index < -0.39 is 11.0 Å². The first-order valence-electron chi connectivity index (χ1n) is 9.65. The molecule has 1 heterocycles. The lowest BCUT2D eigenvalue weighted by Crippen LogP contribution is -2.45. The number of carbonyl (C=O) groups is 1. The summed E-state index contributed by atoms with van der Waals surface area (Å²) in [5, 5.41) is 17.9. The van der Waals surface area contributed by atoms with Crippen LogP contribution in [0.25, 0.3) is 0 Å². The molecule has 30 heavy (non-hydrogen) atoms. The molecular formula is C19H23Cl2N5O4. The number of hydrogen-bond donors (Lipinski definition) is 2. The molecule has 1 unspecified atom stereocenters. The van der Waals surface area contributed by atoms with E-state index >= 15 is 0 Å². The second-order valence-corrected chi connectivity index (χ2v) is 8.01. The van der Waals surface area contributed by atoms with E-state index in [1.165, 1.54) is 24.3 Å². The lowest BCUT2D eigenvalue weighted by Gasteiger charge is -2.26. The first-order valence-corrected chi connectivity index (χ1v) is 10.4. The molecule has 1 aliphatic carbocycles. The van der Waals surface area contributed by atoms with Gasteiger partial charge in [-0.25, -0.2) is 4.79 Å². The van der Waals surface area contributed by atoms with Crippen molar-refractivity contribution in [2.75, 3.05) is 7.11 Å². The summed E-state index contributed by atoms with van der Waals surface area (Å²) >= 11 is 12.4. The van der Waals surface area contributed by atoms with Crippen molar-refractivity contribution >= 4 is 35.1 Å². The molecule has 0 saturated heterocycles. The van der Waals surface area contributed by atoms with Crippen molar-refractivity contribution < 1.29 is 14.5 Å². The van der Waals surface area contributed by atoms with E-state index in [2.05, 4.69) is 15.6 Å². The van der Waals surface area contributed by atoms with Crippen LogP contribution >= 0.6 is 23.2 Å². The van der Waals surface area contributed by atoms with Crippen LogP contribution in [0.15, 0.2) is 24.4 Å².